The molecule has 1 aromatic heterocycles. The van der Waals surface area contributed by atoms with Gasteiger partial charge in [0.2, 0.25) is 0 Å². The number of aryl methyl sites for hydroxylation is 1. The molecule has 0 fully saturated rings. The molecular formula is C16H14Cl2N2. The molecule has 0 radical (unpaired) electrons. The second-order valence-electron chi connectivity index (χ2n) is 4.84. The van der Waals surface area contributed by atoms with E-state index in [1.165, 1.54) is 16.5 Å². The summed E-state index contributed by atoms with van der Waals surface area (Å²) in [6.45, 7) is 2.76. The van der Waals surface area contributed by atoms with E-state index < -0.39 is 0 Å². The van der Waals surface area contributed by atoms with Crippen molar-refractivity contribution in [1.29, 1.82) is 0 Å². The van der Waals surface area contributed by atoms with E-state index in [1.807, 2.05) is 42.6 Å². The van der Waals surface area contributed by atoms with Crippen molar-refractivity contribution in [3.63, 3.8) is 0 Å². The van der Waals surface area contributed by atoms with E-state index in [0.29, 0.717) is 6.54 Å². The maximum Gasteiger partial charge on any atom is 0.0637 e. The molecule has 0 spiro atoms. The van der Waals surface area contributed by atoms with Crippen molar-refractivity contribution < 1.29 is 0 Å². The number of halogens is 2. The van der Waals surface area contributed by atoms with Crippen LogP contribution in [0, 0.1) is 6.92 Å². The zero-order valence-electron chi connectivity index (χ0n) is 11.0. The molecule has 1 heterocycles. The zero-order chi connectivity index (χ0) is 14.1. The van der Waals surface area contributed by atoms with Crippen LogP contribution >= 0.6 is 23.2 Å². The highest BCUT2D eigenvalue weighted by Crippen LogP contribution is 2.26. The highest BCUT2D eigenvalue weighted by molar-refractivity contribution is 6.33. The van der Waals surface area contributed by atoms with Crippen LogP contribution in [0.15, 0.2) is 42.6 Å². The van der Waals surface area contributed by atoms with Gasteiger partial charge in [0.25, 0.3) is 0 Å². The van der Waals surface area contributed by atoms with Crippen molar-refractivity contribution in [3.05, 3.63) is 63.8 Å². The number of nitrogens with one attached hydrogen (secondary N) is 2. The fraction of sp³-hybridized carbons (Fsp3) is 0.125. The van der Waals surface area contributed by atoms with E-state index in [1.54, 1.807) is 0 Å². The molecule has 0 atom stereocenters. The van der Waals surface area contributed by atoms with Crippen LogP contribution in [0.4, 0.5) is 5.69 Å². The summed E-state index contributed by atoms with van der Waals surface area (Å²) >= 11 is 12.2. The topological polar surface area (TPSA) is 27.8 Å². The Balaban J connectivity index is 1.85. The molecule has 0 amide bonds. The van der Waals surface area contributed by atoms with E-state index >= 15 is 0 Å². The van der Waals surface area contributed by atoms with E-state index in [2.05, 4.69) is 17.2 Å². The van der Waals surface area contributed by atoms with Gasteiger partial charge in [0, 0.05) is 28.7 Å². The molecule has 4 heteroatoms. The molecule has 102 valence electrons. The lowest BCUT2D eigenvalue weighted by Gasteiger charge is -2.08. The van der Waals surface area contributed by atoms with E-state index in [-0.39, 0.29) is 0 Å². The number of fused-ring (bicyclic) bond motifs is 1. The van der Waals surface area contributed by atoms with Gasteiger partial charge in [0.05, 0.1) is 10.7 Å². The molecule has 3 rings (SSSR count). The van der Waals surface area contributed by atoms with Crippen LogP contribution in [0.2, 0.25) is 10.0 Å². The molecule has 0 aliphatic heterocycles. The van der Waals surface area contributed by atoms with Crippen LogP contribution in [0.25, 0.3) is 10.9 Å². The third-order valence-electron chi connectivity index (χ3n) is 3.32. The highest BCUT2D eigenvalue weighted by Gasteiger charge is 2.05. The standard InChI is InChI=1S/C16H14Cl2N2/c1-10-2-5-14(18)16(6-10)20-9-11-8-19-15-7-12(17)3-4-13(11)15/h2-8,19-20H,9H2,1H3. The summed E-state index contributed by atoms with van der Waals surface area (Å²) in [5.74, 6) is 0. The van der Waals surface area contributed by atoms with E-state index in [4.69, 9.17) is 23.2 Å². The number of benzene rings is 2. The Kier molecular flexibility index (Phi) is 3.60. The number of rotatable bonds is 3. The van der Waals surface area contributed by atoms with Crippen molar-refractivity contribution in [3.8, 4) is 0 Å². The van der Waals surface area contributed by atoms with Gasteiger partial charge in [-0.1, -0.05) is 35.3 Å². The molecule has 20 heavy (non-hydrogen) atoms. The van der Waals surface area contributed by atoms with Gasteiger partial charge < -0.3 is 10.3 Å². The molecule has 2 N–H and O–H groups in total. The Morgan fingerprint density at radius 1 is 1.10 bits per heavy atom. The number of hydrogen-bond donors (Lipinski definition) is 2. The monoisotopic (exact) mass is 304 g/mol. The Bertz CT molecular complexity index is 762. The van der Waals surface area contributed by atoms with E-state index in [0.717, 1.165) is 21.2 Å². The third kappa shape index (κ3) is 2.62. The lowest BCUT2D eigenvalue weighted by Crippen LogP contribution is -1.99. The minimum Gasteiger partial charge on any atom is -0.380 e. The van der Waals surface area contributed by atoms with Crippen LogP contribution in [0.3, 0.4) is 0 Å². The van der Waals surface area contributed by atoms with Crippen molar-refractivity contribution in [2.75, 3.05) is 5.32 Å². The molecule has 2 aromatic carbocycles. The van der Waals surface area contributed by atoms with Gasteiger partial charge in [-0.25, -0.2) is 0 Å². The predicted octanol–water partition coefficient (Wildman–Crippen LogP) is 5.40. The first-order valence-corrected chi connectivity index (χ1v) is 7.14. The maximum atomic E-state index is 6.19. The van der Waals surface area contributed by atoms with Crippen LogP contribution < -0.4 is 5.32 Å². The third-order valence-corrected chi connectivity index (χ3v) is 3.89. The summed E-state index contributed by atoms with van der Waals surface area (Å²) in [5, 5.41) is 6.02. The summed E-state index contributed by atoms with van der Waals surface area (Å²) < 4.78 is 0. The first-order valence-electron chi connectivity index (χ1n) is 6.39. The first kappa shape index (κ1) is 13.3. The zero-order valence-corrected chi connectivity index (χ0v) is 12.5. The van der Waals surface area contributed by atoms with Gasteiger partial charge in [0.1, 0.15) is 0 Å². The molecule has 0 bridgehead atoms. The Morgan fingerprint density at radius 2 is 1.95 bits per heavy atom. The van der Waals surface area contributed by atoms with Crippen LogP contribution in [0.5, 0.6) is 0 Å². The minimum absolute atomic E-state index is 0.713. The molecule has 0 aliphatic carbocycles. The van der Waals surface area contributed by atoms with Gasteiger partial charge in [-0.2, -0.15) is 0 Å². The molecule has 3 aromatic rings. The first-order chi connectivity index (χ1) is 9.63. The van der Waals surface area contributed by atoms with Crippen LogP contribution in [-0.4, -0.2) is 4.98 Å². The molecular weight excluding hydrogens is 291 g/mol. The van der Waals surface area contributed by atoms with Gasteiger partial charge >= 0.3 is 0 Å². The van der Waals surface area contributed by atoms with E-state index in [9.17, 15) is 0 Å². The van der Waals surface area contributed by atoms with Gasteiger partial charge in [0.15, 0.2) is 0 Å². The summed E-state index contributed by atoms with van der Waals surface area (Å²) in [4.78, 5) is 3.23. The lowest BCUT2D eigenvalue weighted by molar-refractivity contribution is 1.16. The molecule has 0 saturated heterocycles. The fourth-order valence-electron chi connectivity index (χ4n) is 2.27. The second kappa shape index (κ2) is 5.39. The van der Waals surface area contributed by atoms with Gasteiger partial charge in [-0.3, -0.25) is 0 Å². The van der Waals surface area contributed by atoms with Crippen molar-refractivity contribution >= 4 is 39.8 Å². The summed E-state index contributed by atoms with van der Waals surface area (Å²) in [6, 6.07) is 11.8. The average molecular weight is 305 g/mol. The molecule has 2 nitrogen and oxygen atoms in total. The summed E-state index contributed by atoms with van der Waals surface area (Å²) in [6.07, 6.45) is 2.00. The number of anilines is 1. The lowest BCUT2D eigenvalue weighted by atomic mass is 10.1. The largest absolute Gasteiger partial charge is 0.380 e. The number of H-pyrrole nitrogens is 1. The van der Waals surface area contributed by atoms with Crippen LogP contribution in [-0.2, 0) is 6.54 Å². The Morgan fingerprint density at radius 3 is 2.80 bits per heavy atom. The van der Waals surface area contributed by atoms with Crippen molar-refractivity contribution in [1.82, 2.24) is 4.98 Å². The SMILES string of the molecule is Cc1ccc(Cl)c(NCc2c[nH]c3cc(Cl)ccc23)c1. The Labute approximate surface area is 127 Å². The highest BCUT2D eigenvalue weighted by atomic mass is 35.5. The predicted molar refractivity (Wildman–Crippen MR) is 86.8 cm³/mol. The van der Waals surface area contributed by atoms with Crippen LogP contribution in [0.1, 0.15) is 11.1 Å². The normalized spacial score (nSPS) is 10.9. The summed E-state index contributed by atoms with van der Waals surface area (Å²) in [5.41, 5.74) is 4.37. The number of hydrogen-bond acceptors (Lipinski definition) is 1. The minimum atomic E-state index is 0.713. The quantitative estimate of drug-likeness (QED) is 0.666. The molecule has 0 unspecified atom stereocenters. The fourth-order valence-corrected chi connectivity index (χ4v) is 2.63. The molecule has 0 saturated carbocycles. The van der Waals surface area contributed by atoms with Crippen molar-refractivity contribution in [2.45, 2.75) is 13.5 Å². The number of aromatic nitrogens is 1. The average Bonchev–Trinajstić information content (AvgIpc) is 2.82. The molecule has 0 aliphatic rings. The number of aromatic amines is 1. The van der Waals surface area contributed by atoms with Crippen molar-refractivity contribution in [2.24, 2.45) is 0 Å². The Hall–Kier alpha value is -1.64. The maximum absolute atomic E-state index is 6.19. The van der Waals surface area contributed by atoms with Gasteiger partial charge in [-0.05, 0) is 42.3 Å². The van der Waals surface area contributed by atoms with Gasteiger partial charge in [-0.15, -0.1) is 0 Å². The summed E-state index contributed by atoms with van der Waals surface area (Å²) in [7, 11) is 0. The smallest absolute Gasteiger partial charge is 0.0637 e. The second-order valence-corrected chi connectivity index (χ2v) is 5.68.